The molecule has 0 saturated carbocycles. The number of hydrogen-bond acceptors (Lipinski definition) is 3. The third-order valence-electron chi connectivity index (χ3n) is 2.44. The van der Waals surface area contributed by atoms with Gasteiger partial charge in [-0.25, -0.2) is 0 Å². The molecule has 2 N–H and O–H groups in total. The fourth-order valence-electron chi connectivity index (χ4n) is 1.54. The van der Waals surface area contributed by atoms with Gasteiger partial charge in [-0.15, -0.1) is 0 Å². The maximum atomic E-state index is 5.66. The smallest absolute Gasteiger partial charge is 0.155 e. The second-order valence-corrected chi connectivity index (χ2v) is 4.42. The summed E-state index contributed by atoms with van der Waals surface area (Å²) in [6, 6.07) is 0.306. The summed E-state index contributed by atoms with van der Waals surface area (Å²) in [6.45, 7) is 4.26. The predicted molar refractivity (Wildman–Crippen MR) is 54.3 cm³/mol. The van der Waals surface area contributed by atoms with E-state index in [1.807, 2.05) is 0 Å². The molecule has 0 spiro atoms. The first-order chi connectivity index (χ1) is 5.68. The maximum absolute atomic E-state index is 5.66. The summed E-state index contributed by atoms with van der Waals surface area (Å²) in [7, 11) is 0. The fourth-order valence-corrected chi connectivity index (χ4v) is 2.54. The number of fused-ring (bicyclic) bond motifs is 1. The van der Waals surface area contributed by atoms with Gasteiger partial charge in [0.1, 0.15) is 0 Å². The van der Waals surface area contributed by atoms with E-state index in [-0.39, 0.29) is 0 Å². The molecular formula is C9H12N2S. The van der Waals surface area contributed by atoms with Gasteiger partial charge in [-0.1, -0.05) is 29.5 Å². The van der Waals surface area contributed by atoms with Crippen molar-refractivity contribution in [2.24, 2.45) is 10.7 Å². The maximum Gasteiger partial charge on any atom is 0.155 e. The lowest BCUT2D eigenvalue weighted by molar-refractivity contribution is 0.794. The highest BCUT2D eigenvalue weighted by molar-refractivity contribution is 8.14. The molecule has 0 radical (unpaired) electrons. The molecule has 0 saturated heterocycles. The van der Waals surface area contributed by atoms with Crippen LogP contribution < -0.4 is 5.73 Å². The Morgan fingerprint density at radius 2 is 2.25 bits per heavy atom. The molecule has 1 aliphatic carbocycles. The second-order valence-electron chi connectivity index (χ2n) is 3.22. The topological polar surface area (TPSA) is 38.4 Å². The van der Waals surface area contributed by atoms with Crippen molar-refractivity contribution in [2.45, 2.75) is 25.1 Å². The Kier molecular flexibility index (Phi) is 1.76. The Balaban J connectivity index is 2.36. The lowest BCUT2D eigenvalue weighted by atomic mass is 9.95. The minimum Gasteiger partial charge on any atom is -0.379 e. The van der Waals surface area contributed by atoms with Crippen LogP contribution in [0.3, 0.4) is 0 Å². The molecule has 0 bridgehead atoms. The molecule has 2 atom stereocenters. The SMILES string of the molecule is CC1=C(C)[C@@H]2N=C(N)S[C@H]2C=C1. The fraction of sp³-hybridized carbons (Fsp3) is 0.444. The highest BCUT2D eigenvalue weighted by Crippen LogP contribution is 2.34. The number of nitrogens with two attached hydrogens (primary N) is 1. The minimum atomic E-state index is 0.306. The van der Waals surface area contributed by atoms with Gasteiger partial charge in [0.05, 0.1) is 11.3 Å². The summed E-state index contributed by atoms with van der Waals surface area (Å²) in [6.07, 6.45) is 4.36. The summed E-state index contributed by atoms with van der Waals surface area (Å²) in [4.78, 5) is 4.39. The van der Waals surface area contributed by atoms with Crippen LogP contribution in [0.1, 0.15) is 13.8 Å². The van der Waals surface area contributed by atoms with Gasteiger partial charge in [-0.2, -0.15) is 0 Å². The van der Waals surface area contributed by atoms with E-state index in [9.17, 15) is 0 Å². The number of allylic oxidation sites excluding steroid dienone is 2. The van der Waals surface area contributed by atoms with Crippen LogP contribution in [0.2, 0.25) is 0 Å². The lowest BCUT2D eigenvalue weighted by Gasteiger charge is -2.19. The van der Waals surface area contributed by atoms with Gasteiger partial charge >= 0.3 is 0 Å². The molecule has 2 rings (SSSR count). The van der Waals surface area contributed by atoms with Gasteiger partial charge in [-0.3, -0.25) is 4.99 Å². The Morgan fingerprint density at radius 1 is 1.50 bits per heavy atom. The molecule has 0 fully saturated rings. The molecule has 2 nitrogen and oxygen atoms in total. The van der Waals surface area contributed by atoms with Crippen LogP contribution in [-0.2, 0) is 0 Å². The summed E-state index contributed by atoms with van der Waals surface area (Å²) in [5, 5.41) is 1.18. The second kappa shape index (κ2) is 2.66. The van der Waals surface area contributed by atoms with Crippen molar-refractivity contribution in [2.75, 3.05) is 0 Å². The van der Waals surface area contributed by atoms with Crippen LogP contribution in [0.5, 0.6) is 0 Å². The van der Waals surface area contributed by atoms with Crippen molar-refractivity contribution in [3.63, 3.8) is 0 Å². The molecule has 3 heteroatoms. The molecule has 1 aliphatic heterocycles. The van der Waals surface area contributed by atoms with Crippen LogP contribution in [-0.4, -0.2) is 16.5 Å². The van der Waals surface area contributed by atoms with Gasteiger partial charge < -0.3 is 5.73 Å². The first-order valence-electron chi connectivity index (χ1n) is 4.04. The molecule has 0 aromatic rings. The van der Waals surface area contributed by atoms with Gasteiger partial charge in [0.15, 0.2) is 5.17 Å². The third kappa shape index (κ3) is 1.08. The zero-order valence-corrected chi connectivity index (χ0v) is 8.06. The van der Waals surface area contributed by atoms with Crippen LogP contribution in [0.4, 0.5) is 0 Å². The van der Waals surface area contributed by atoms with Crippen molar-refractivity contribution < 1.29 is 0 Å². The lowest BCUT2D eigenvalue weighted by Crippen LogP contribution is -2.20. The van der Waals surface area contributed by atoms with Crippen LogP contribution in [0.15, 0.2) is 28.3 Å². The van der Waals surface area contributed by atoms with E-state index < -0.39 is 0 Å². The number of nitrogens with zero attached hydrogens (tertiary/aromatic N) is 1. The Morgan fingerprint density at radius 3 is 3.00 bits per heavy atom. The average molecular weight is 180 g/mol. The molecule has 12 heavy (non-hydrogen) atoms. The first-order valence-corrected chi connectivity index (χ1v) is 4.92. The number of amidine groups is 1. The van der Waals surface area contributed by atoms with Crippen molar-refractivity contribution in [3.05, 3.63) is 23.3 Å². The first kappa shape index (κ1) is 7.92. The molecule has 64 valence electrons. The van der Waals surface area contributed by atoms with Gasteiger partial charge in [0.25, 0.3) is 0 Å². The van der Waals surface area contributed by atoms with E-state index in [2.05, 4.69) is 31.0 Å². The zero-order chi connectivity index (χ0) is 8.72. The van der Waals surface area contributed by atoms with Gasteiger partial charge in [-0.05, 0) is 19.4 Å². The summed E-state index contributed by atoms with van der Waals surface area (Å²) < 4.78 is 0. The normalized spacial score (nSPS) is 33.7. The number of hydrogen-bond donors (Lipinski definition) is 1. The molecule has 0 unspecified atom stereocenters. The van der Waals surface area contributed by atoms with E-state index in [0.29, 0.717) is 11.3 Å². The van der Waals surface area contributed by atoms with Crippen molar-refractivity contribution in [1.29, 1.82) is 0 Å². The van der Waals surface area contributed by atoms with E-state index in [0.717, 1.165) is 5.17 Å². The molecule has 2 aliphatic rings. The number of rotatable bonds is 0. The molecule has 0 amide bonds. The number of thioether (sulfide) groups is 1. The largest absolute Gasteiger partial charge is 0.379 e. The molecule has 1 heterocycles. The standard InChI is InChI=1S/C9H12N2S/c1-5-3-4-7-8(6(5)2)11-9(10)12-7/h3-4,7-8H,1-2H3,(H2,10,11)/t7-,8-/m0/s1. The molecule has 0 aromatic carbocycles. The third-order valence-corrected chi connectivity index (χ3v) is 3.47. The summed E-state index contributed by atoms with van der Waals surface area (Å²) in [5.41, 5.74) is 8.34. The number of aliphatic imine (C=N–C) groups is 1. The van der Waals surface area contributed by atoms with Crippen molar-refractivity contribution in [1.82, 2.24) is 0 Å². The highest BCUT2D eigenvalue weighted by atomic mass is 32.2. The van der Waals surface area contributed by atoms with Crippen LogP contribution >= 0.6 is 11.8 Å². The van der Waals surface area contributed by atoms with Crippen molar-refractivity contribution >= 4 is 16.9 Å². The quantitative estimate of drug-likeness (QED) is 0.616. The Hall–Kier alpha value is -0.700. The highest BCUT2D eigenvalue weighted by Gasteiger charge is 2.30. The van der Waals surface area contributed by atoms with E-state index >= 15 is 0 Å². The molecular weight excluding hydrogens is 168 g/mol. The average Bonchev–Trinajstić information content (AvgIpc) is 2.39. The van der Waals surface area contributed by atoms with E-state index in [4.69, 9.17) is 5.73 Å². The summed E-state index contributed by atoms with van der Waals surface area (Å²) >= 11 is 1.66. The van der Waals surface area contributed by atoms with E-state index in [1.54, 1.807) is 11.8 Å². The minimum absolute atomic E-state index is 0.306. The van der Waals surface area contributed by atoms with Gasteiger partial charge in [0, 0.05) is 0 Å². The van der Waals surface area contributed by atoms with Crippen molar-refractivity contribution in [3.8, 4) is 0 Å². The Bertz CT molecular complexity index is 302. The monoisotopic (exact) mass is 180 g/mol. The summed E-state index contributed by atoms with van der Waals surface area (Å²) in [5.74, 6) is 0. The molecule has 0 aromatic heterocycles. The Labute approximate surface area is 76.6 Å². The predicted octanol–water partition coefficient (Wildman–Crippen LogP) is 1.69. The van der Waals surface area contributed by atoms with Gasteiger partial charge in [0.2, 0.25) is 0 Å². The zero-order valence-electron chi connectivity index (χ0n) is 7.24. The van der Waals surface area contributed by atoms with E-state index in [1.165, 1.54) is 11.1 Å². The van der Waals surface area contributed by atoms with Crippen LogP contribution in [0.25, 0.3) is 0 Å². The van der Waals surface area contributed by atoms with Crippen LogP contribution in [0, 0.1) is 0 Å².